The summed E-state index contributed by atoms with van der Waals surface area (Å²) in [6.45, 7) is 0.537. The highest BCUT2D eigenvalue weighted by molar-refractivity contribution is 7.07. The number of hydrogen-bond donors (Lipinski definition) is 0. The van der Waals surface area contributed by atoms with E-state index in [1.807, 2.05) is 17.5 Å². The topological polar surface area (TPSA) is 63.7 Å². The fraction of sp³-hybridized carbons (Fsp3) is 0.375. The minimum Gasteiger partial charge on any atom is -0.273 e. The van der Waals surface area contributed by atoms with Gasteiger partial charge in [-0.25, -0.2) is 4.98 Å². The van der Waals surface area contributed by atoms with Crippen molar-refractivity contribution in [1.29, 1.82) is 10.5 Å². The quantitative estimate of drug-likeness (QED) is 0.716. The lowest BCUT2D eigenvalue weighted by Gasteiger charge is -2.14. The van der Waals surface area contributed by atoms with Gasteiger partial charge in [0.25, 0.3) is 0 Å². The van der Waals surface area contributed by atoms with Gasteiger partial charge in [0.1, 0.15) is 0 Å². The number of thiazole rings is 1. The van der Waals surface area contributed by atoms with Crippen molar-refractivity contribution >= 4 is 11.3 Å². The molecule has 0 saturated carbocycles. The average molecular weight is 192 g/mol. The molecule has 0 aliphatic carbocycles. The highest BCUT2D eigenvalue weighted by Crippen LogP contribution is 2.05. The van der Waals surface area contributed by atoms with Crippen molar-refractivity contribution < 1.29 is 0 Å². The first-order valence-electron chi connectivity index (χ1n) is 3.64. The summed E-state index contributed by atoms with van der Waals surface area (Å²) in [5, 5.41) is 19.1. The Morgan fingerprint density at radius 3 is 2.77 bits per heavy atom. The minimum atomic E-state index is -0.693. The van der Waals surface area contributed by atoms with E-state index in [4.69, 9.17) is 10.5 Å². The summed E-state index contributed by atoms with van der Waals surface area (Å²) in [4.78, 5) is 5.73. The van der Waals surface area contributed by atoms with Crippen LogP contribution in [-0.2, 0) is 6.54 Å². The molecule has 0 saturated heterocycles. The van der Waals surface area contributed by atoms with Gasteiger partial charge < -0.3 is 0 Å². The van der Waals surface area contributed by atoms with Crippen molar-refractivity contribution in [3.05, 3.63) is 16.6 Å². The molecule has 0 fully saturated rings. The van der Waals surface area contributed by atoms with E-state index in [1.54, 1.807) is 17.5 Å². The van der Waals surface area contributed by atoms with Gasteiger partial charge in [-0.05, 0) is 7.05 Å². The van der Waals surface area contributed by atoms with E-state index in [1.165, 1.54) is 11.3 Å². The van der Waals surface area contributed by atoms with Gasteiger partial charge in [0.15, 0.2) is 6.04 Å². The molecule has 0 bridgehead atoms. The Bertz CT molecular complexity index is 318. The summed E-state index contributed by atoms with van der Waals surface area (Å²) in [6, 6.07) is 3.12. The van der Waals surface area contributed by atoms with Crippen molar-refractivity contribution in [1.82, 2.24) is 9.88 Å². The third kappa shape index (κ3) is 2.51. The molecule has 0 unspecified atom stereocenters. The molecule has 13 heavy (non-hydrogen) atoms. The largest absolute Gasteiger partial charge is 0.273 e. The summed E-state index contributed by atoms with van der Waals surface area (Å²) < 4.78 is 0. The van der Waals surface area contributed by atoms with Crippen molar-refractivity contribution in [2.45, 2.75) is 12.6 Å². The molecule has 0 spiro atoms. The molecule has 0 aromatic carbocycles. The Morgan fingerprint density at radius 1 is 1.62 bits per heavy atom. The Hall–Kier alpha value is -1.43. The molecule has 0 atom stereocenters. The second-order valence-corrected chi connectivity index (χ2v) is 3.27. The molecule has 0 aliphatic heterocycles. The van der Waals surface area contributed by atoms with E-state index in [-0.39, 0.29) is 0 Å². The molecule has 1 aromatic rings. The van der Waals surface area contributed by atoms with Gasteiger partial charge in [0.05, 0.1) is 23.3 Å². The van der Waals surface area contributed by atoms with E-state index in [9.17, 15) is 0 Å². The van der Waals surface area contributed by atoms with Crippen LogP contribution in [0.5, 0.6) is 0 Å². The number of nitriles is 2. The first kappa shape index (κ1) is 9.66. The minimum absolute atomic E-state index is 0.537. The Balaban J connectivity index is 2.57. The van der Waals surface area contributed by atoms with Crippen LogP contribution >= 0.6 is 11.3 Å². The van der Waals surface area contributed by atoms with Crippen LogP contribution in [0.15, 0.2) is 10.9 Å². The molecule has 1 heterocycles. The fourth-order valence-corrected chi connectivity index (χ4v) is 1.44. The van der Waals surface area contributed by atoms with E-state index < -0.39 is 6.04 Å². The molecule has 4 nitrogen and oxygen atoms in total. The third-order valence-electron chi connectivity index (χ3n) is 1.58. The monoisotopic (exact) mass is 192 g/mol. The summed E-state index contributed by atoms with van der Waals surface area (Å²) in [7, 11) is 1.73. The van der Waals surface area contributed by atoms with Crippen molar-refractivity contribution in [3.63, 3.8) is 0 Å². The van der Waals surface area contributed by atoms with Gasteiger partial charge in [-0.2, -0.15) is 10.5 Å². The third-order valence-corrected chi connectivity index (χ3v) is 2.22. The van der Waals surface area contributed by atoms with Gasteiger partial charge in [-0.1, -0.05) is 0 Å². The SMILES string of the molecule is CN(Cc1cscn1)C(C#N)C#N. The molecule has 1 aromatic heterocycles. The fourth-order valence-electron chi connectivity index (χ4n) is 0.888. The Kier molecular flexibility index (Phi) is 3.39. The predicted octanol–water partition coefficient (Wildman–Crippen LogP) is 0.991. The zero-order valence-electron chi connectivity index (χ0n) is 7.14. The second-order valence-electron chi connectivity index (χ2n) is 2.56. The smallest absolute Gasteiger partial charge is 0.186 e. The van der Waals surface area contributed by atoms with E-state index >= 15 is 0 Å². The zero-order chi connectivity index (χ0) is 9.68. The molecule has 0 radical (unpaired) electrons. The predicted molar refractivity (Wildman–Crippen MR) is 48.6 cm³/mol. The molecule has 5 heteroatoms. The normalized spacial score (nSPS) is 9.92. The zero-order valence-corrected chi connectivity index (χ0v) is 7.95. The first-order chi connectivity index (χ1) is 6.27. The Labute approximate surface area is 80.7 Å². The number of nitrogens with zero attached hydrogens (tertiary/aromatic N) is 4. The summed E-state index contributed by atoms with van der Waals surface area (Å²) >= 11 is 1.50. The van der Waals surface area contributed by atoms with Crippen LogP contribution in [0, 0.1) is 22.7 Å². The van der Waals surface area contributed by atoms with Gasteiger partial charge in [0.2, 0.25) is 0 Å². The maximum absolute atomic E-state index is 8.59. The second kappa shape index (κ2) is 4.56. The lowest BCUT2D eigenvalue weighted by Crippen LogP contribution is -2.28. The highest BCUT2D eigenvalue weighted by Gasteiger charge is 2.13. The van der Waals surface area contributed by atoms with Crippen LogP contribution in [0.2, 0.25) is 0 Å². The van der Waals surface area contributed by atoms with E-state index in [2.05, 4.69) is 4.98 Å². The number of hydrogen-bond acceptors (Lipinski definition) is 5. The van der Waals surface area contributed by atoms with Gasteiger partial charge >= 0.3 is 0 Å². The summed E-state index contributed by atoms with van der Waals surface area (Å²) in [5.74, 6) is 0. The molecular formula is C8H8N4S. The van der Waals surface area contributed by atoms with Gasteiger partial charge in [0, 0.05) is 11.9 Å². The number of aromatic nitrogens is 1. The molecule has 1 rings (SSSR count). The molecule has 66 valence electrons. The van der Waals surface area contributed by atoms with Gasteiger partial charge in [-0.15, -0.1) is 11.3 Å². The van der Waals surface area contributed by atoms with Crippen LogP contribution in [-0.4, -0.2) is 23.0 Å². The maximum Gasteiger partial charge on any atom is 0.186 e. The maximum atomic E-state index is 8.59. The molecule has 0 amide bonds. The molecule has 0 N–H and O–H groups in total. The van der Waals surface area contributed by atoms with Crippen LogP contribution in [0.1, 0.15) is 5.69 Å². The lowest BCUT2D eigenvalue weighted by atomic mass is 10.3. The van der Waals surface area contributed by atoms with Crippen LogP contribution in [0.3, 0.4) is 0 Å². The summed E-state index contributed by atoms with van der Waals surface area (Å²) in [5.41, 5.74) is 2.62. The van der Waals surface area contributed by atoms with Crippen molar-refractivity contribution in [3.8, 4) is 12.1 Å². The highest BCUT2D eigenvalue weighted by atomic mass is 32.1. The molecular weight excluding hydrogens is 184 g/mol. The Morgan fingerprint density at radius 2 is 2.31 bits per heavy atom. The van der Waals surface area contributed by atoms with Gasteiger partial charge in [-0.3, -0.25) is 4.90 Å². The first-order valence-corrected chi connectivity index (χ1v) is 4.58. The summed E-state index contributed by atoms with van der Waals surface area (Å²) in [6.07, 6.45) is 0. The standard InChI is InChI=1S/C8H8N4S/c1-12(8(2-9)3-10)4-7-5-13-6-11-7/h5-6,8H,4H2,1H3. The van der Waals surface area contributed by atoms with Crippen LogP contribution < -0.4 is 0 Å². The average Bonchev–Trinajstić information content (AvgIpc) is 2.59. The lowest BCUT2D eigenvalue weighted by molar-refractivity contribution is 0.318. The van der Waals surface area contributed by atoms with Crippen LogP contribution in [0.4, 0.5) is 0 Å². The van der Waals surface area contributed by atoms with E-state index in [0.717, 1.165) is 5.69 Å². The van der Waals surface area contributed by atoms with Crippen molar-refractivity contribution in [2.75, 3.05) is 7.05 Å². The molecule has 0 aliphatic rings. The van der Waals surface area contributed by atoms with Crippen molar-refractivity contribution in [2.24, 2.45) is 0 Å². The number of rotatable bonds is 3. The van der Waals surface area contributed by atoms with E-state index in [0.29, 0.717) is 6.54 Å². The van der Waals surface area contributed by atoms with Crippen LogP contribution in [0.25, 0.3) is 0 Å².